The van der Waals surface area contributed by atoms with E-state index >= 15 is 0 Å². The van der Waals surface area contributed by atoms with Crippen LogP contribution in [0.4, 0.5) is 5.82 Å². The van der Waals surface area contributed by atoms with Crippen molar-refractivity contribution < 1.29 is 4.74 Å². The van der Waals surface area contributed by atoms with Crippen molar-refractivity contribution in [1.82, 2.24) is 19.5 Å². The highest BCUT2D eigenvalue weighted by Gasteiger charge is 2.19. The number of piperidine rings is 1. The molecule has 0 radical (unpaired) electrons. The summed E-state index contributed by atoms with van der Waals surface area (Å²) >= 11 is 0. The van der Waals surface area contributed by atoms with Crippen molar-refractivity contribution in [2.75, 3.05) is 25.5 Å². The summed E-state index contributed by atoms with van der Waals surface area (Å²) in [6.45, 7) is 5.10. The minimum atomic E-state index is 0.111. The number of anilines is 1. The van der Waals surface area contributed by atoms with Crippen molar-refractivity contribution in [3.63, 3.8) is 0 Å². The van der Waals surface area contributed by atoms with E-state index in [-0.39, 0.29) is 6.04 Å². The molecule has 1 aliphatic rings. The van der Waals surface area contributed by atoms with Crippen molar-refractivity contribution in [3.8, 4) is 5.75 Å². The van der Waals surface area contributed by atoms with E-state index in [4.69, 9.17) is 10.5 Å². The molecule has 2 aromatic heterocycles. The molecule has 3 aromatic rings. The molecule has 7 nitrogen and oxygen atoms in total. The average Bonchev–Trinajstić information content (AvgIpc) is 3.13. The lowest BCUT2D eigenvalue weighted by Crippen LogP contribution is -2.39. The zero-order valence-corrected chi connectivity index (χ0v) is 16.5. The lowest BCUT2D eigenvalue weighted by atomic mass is 10.1. The standard InChI is InChI=1S/C21H28N6O/c1-15(16-3-5-19(28-2)6-4-16)25-21-20-17(7-12-27(20)24-14-23-21)13-26-10-8-18(22)9-11-26/h3-7,12,14-15,18H,8-11,13,22H2,1-2H3,(H,23,24,25)/t15-/m1/s1. The fraction of sp³-hybridized carbons (Fsp3) is 0.429. The number of methoxy groups -OCH3 is 1. The van der Waals surface area contributed by atoms with E-state index in [1.807, 2.05) is 22.8 Å². The number of fused-ring (bicyclic) bond motifs is 1. The zero-order chi connectivity index (χ0) is 19.5. The van der Waals surface area contributed by atoms with Crippen LogP contribution in [-0.4, -0.2) is 45.7 Å². The number of benzene rings is 1. The smallest absolute Gasteiger partial charge is 0.154 e. The number of nitrogens with two attached hydrogens (primary N) is 1. The third-order valence-electron chi connectivity index (χ3n) is 5.53. The molecule has 0 spiro atoms. The predicted molar refractivity (Wildman–Crippen MR) is 111 cm³/mol. The Balaban J connectivity index is 1.55. The minimum Gasteiger partial charge on any atom is -0.497 e. The second-order valence-electron chi connectivity index (χ2n) is 7.50. The number of aromatic nitrogens is 3. The van der Waals surface area contributed by atoms with Crippen molar-refractivity contribution in [1.29, 1.82) is 0 Å². The summed E-state index contributed by atoms with van der Waals surface area (Å²) in [5.41, 5.74) is 9.50. The lowest BCUT2D eigenvalue weighted by Gasteiger charge is -2.29. The first-order chi connectivity index (χ1) is 13.6. The second kappa shape index (κ2) is 8.16. The van der Waals surface area contributed by atoms with Gasteiger partial charge in [-0.2, -0.15) is 5.10 Å². The maximum atomic E-state index is 6.04. The van der Waals surface area contributed by atoms with Crippen molar-refractivity contribution in [2.24, 2.45) is 5.73 Å². The van der Waals surface area contributed by atoms with Gasteiger partial charge in [0.2, 0.25) is 0 Å². The average molecular weight is 380 g/mol. The first-order valence-corrected chi connectivity index (χ1v) is 9.83. The van der Waals surface area contributed by atoms with Gasteiger partial charge < -0.3 is 15.8 Å². The molecule has 1 aliphatic heterocycles. The Labute approximate surface area is 165 Å². The van der Waals surface area contributed by atoms with Gasteiger partial charge in [0.25, 0.3) is 0 Å². The lowest BCUT2D eigenvalue weighted by molar-refractivity contribution is 0.206. The van der Waals surface area contributed by atoms with Gasteiger partial charge in [0.1, 0.15) is 17.6 Å². The summed E-state index contributed by atoms with van der Waals surface area (Å²) in [5.74, 6) is 1.71. The van der Waals surface area contributed by atoms with Gasteiger partial charge >= 0.3 is 0 Å². The molecule has 4 rings (SSSR count). The molecule has 3 N–H and O–H groups in total. The van der Waals surface area contributed by atoms with Crippen molar-refractivity contribution in [3.05, 3.63) is 54.0 Å². The van der Waals surface area contributed by atoms with Crippen LogP contribution >= 0.6 is 0 Å². The van der Waals surface area contributed by atoms with Crippen LogP contribution < -0.4 is 15.8 Å². The summed E-state index contributed by atoms with van der Waals surface area (Å²) in [6.07, 6.45) is 5.72. The zero-order valence-electron chi connectivity index (χ0n) is 16.5. The Hall–Kier alpha value is -2.64. The molecule has 1 atom stereocenters. The van der Waals surface area contributed by atoms with E-state index in [1.165, 1.54) is 11.1 Å². The van der Waals surface area contributed by atoms with E-state index in [9.17, 15) is 0 Å². The number of hydrogen-bond donors (Lipinski definition) is 2. The van der Waals surface area contributed by atoms with E-state index in [2.05, 4.69) is 45.4 Å². The number of nitrogens with zero attached hydrogens (tertiary/aromatic N) is 4. The summed E-state index contributed by atoms with van der Waals surface area (Å²) in [5, 5.41) is 7.94. The molecule has 0 unspecified atom stereocenters. The maximum absolute atomic E-state index is 6.04. The Bertz CT molecular complexity index is 914. The van der Waals surface area contributed by atoms with E-state index in [0.29, 0.717) is 6.04 Å². The molecular weight excluding hydrogens is 352 g/mol. The molecular formula is C21H28N6O. The number of rotatable bonds is 6. The SMILES string of the molecule is COc1ccc([C@@H](C)Nc2ncnn3ccc(CN4CCC(N)CC4)c23)cc1. The van der Waals surface area contributed by atoms with Crippen molar-refractivity contribution >= 4 is 11.3 Å². The van der Waals surface area contributed by atoms with Gasteiger partial charge in [-0.15, -0.1) is 0 Å². The van der Waals surface area contributed by atoms with Gasteiger partial charge in [-0.3, -0.25) is 4.90 Å². The molecule has 0 aliphatic carbocycles. The molecule has 1 aromatic carbocycles. The van der Waals surface area contributed by atoms with Gasteiger partial charge in [0, 0.05) is 18.8 Å². The summed E-state index contributed by atoms with van der Waals surface area (Å²) < 4.78 is 7.16. The monoisotopic (exact) mass is 380 g/mol. The maximum Gasteiger partial charge on any atom is 0.154 e. The summed E-state index contributed by atoms with van der Waals surface area (Å²) in [7, 11) is 1.68. The number of ether oxygens (including phenoxy) is 1. The molecule has 0 amide bonds. The fourth-order valence-corrected chi connectivity index (χ4v) is 3.78. The Kier molecular flexibility index (Phi) is 5.45. The largest absolute Gasteiger partial charge is 0.497 e. The quantitative estimate of drug-likeness (QED) is 0.684. The van der Waals surface area contributed by atoms with E-state index in [1.54, 1.807) is 13.4 Å². The first kappa shape index (κ1) is 18.7. The minimum absolute atomic E-state index is 0.111. The molecule has 28 heavy (non-hydrogen) atoms. The Morgan fingerprint density at radius 2 is 1.96 bits per heavy atom. The highest BCUT2D eigenvalue weighted by atomic mass is 16.5. The highest BCUT2D eigenvalue weighted by Crippen LogP contribution is 2.26. The first-order valence-electron chi connectivity index (χ1n) is 9.83. The molecule has 3 heterocycles. The van der Waals surface area contributed by atoms with E-state index in [0.717, 1.165) is 49.6 Å². The normalized spacial score (nSPS) is 17.0. The van der Waals surface area contributed by atoms with Gasteiger partial charge in [-0.05, 0) is 62.2 Å². The molecule has 1 fully saturated rings. The molecule has 7 heteroatoms. The van der Waals surface area contributed by atoms with Crippen molar-refractivity contribution in [2.45, 2.75) is 38.4 Å². The Morgan fingerprint density at radius 1 is 1.21 bits per heavy atom. The number of hydrogen-bond acceptors (Lipinski definition) is 6. The van der Waals surface area contributed by atoms with Crippen LogP contribution in [0.1, 0.15) is 36.9 Å². The van der Waals surface area contributed by atoms with Gasteiger partial charge in [0.05, 0.1) is 13.2 Å². The number of nitrogens with one attached hydrogen (secondary N) is 1. The Morgan fingerprint density at radius 3 is 2.68 bits per heavy atom. The third kappa shape index (κ3) is 3.95. The van der Waals surface area contributed by atoms with Crippen LogP contribution in [0, 0.1) is 0 Å². The third-order valence-corrected chi connectivity index (χ3v) is 5.53. The van der Waals surface area contributed by atoms with Crippen LogP contribution in [0.15, 0.2) is 42.9 Å². The summed E-state index contributed by atoms with van der Waals surface area (Å²) in [6, 6.07) is 10.7. The molecule has 1 saturated heterocycles. The summed E-state index contributed by atoms with van der Waals surface area (Å²) in [4.78, 5) is 7.00. The highest BCUT2D eigenvalue weighted by molar-refractivity contribution is 5.72. The van der Waals surface area contributed by atoms with Crippen LogP contribution in [0.3, 0.4) is 0 Å². The topological polar surface area (TPSA) is 80.7 Å². The van der Waals surface area contributed by atoms with Gasteiger partial charge in [0.15, 0.2) is 5.82 Å². The molecule has 0 bridgehead atoms. The molecule has 0 saturated carbocycles. The van der Waals surface area contributed by atoms with Crippen LogP contribution in [0.5, 0.6) is 5.75 Å². The number of likely N-dealkylation sites (tertiary alicyclic amines) is 1. The fourth-order valence-electron chi connectivity index (χ4n) is 3.78. The second-order valence-corrected chi connectivity index (χ2v) is 7.50. The van der Waals surface area contributed by atoms with Gasteiger partial charge in [-0.25, -0.2) is 9.50 Å². The van der Waals surface area contributed by atoms with Gasteiger partial charge in [-0.1, -0.05) is 12.1 Å². The molecule has 148 valence electrons. The van der Waals surface area contributed by atoms with Crippen LogP contribution in [-0.2, 0) is 6.54 Å². The van der Waals surface area contributed by atoms with E-state index < -0.39 is 0 Å². The predicted octanol–water partition coefficient (Wildman–Crippen LogP) is 2.83. The van der Waals surface area contributed by atoms with Crippen LogP contribution in [0.2, 0.25) is 0 Å². The van der Waals surface area contributed by atoms with Crippen LogP contribution in [0.25, 0.3) is 5.52 Å².